The summed E-state index contributed by atoms with van der Waals surface area (Å²) in [7, 11) is 0. The zero-order valence-electron chi connectivity index (χ0n) is 14.0. The first-order valence-corrected chi connectivity index (χ1v) is 7.69. The Morgan fingerprint density at radius 3 is 2.35 bits per heavy atom. The van der Waals surface area contributed by atoms with Gasteiger partial charge in [-0.3, -0.25) is 10.1 Å². The van der Waals surface area contributed by atoms with Gasteiger partial charge < -0.3 is 15.0 Å². The highest BCUT2D eigenvalue weighted by atomic mass is 35.5. The molecular weight excluding hydrogens is 322 g/mol. The van der Waals surface area contributed by atoms with Crippen LogP contribution in [0.15, 0.2) is 12.1 Å². The highest BCUT2D eigenvalue weighted by Crippen LogP contribution is 2.38. The van der Waals surface area contributed by atoms with Gasteiger partial charge in [0.1, 0.15) is 0 Å². The molecule has 0 aliphatic heterocycles. The summed E-state index contributed by atoms with van der Waals surface area (Å²) in [5.74, 6) is -0.136. The number of carbonyl (C=O) groups excluding carboxylic acids is 1. The SMILES string of the molecule is CCN(CC)c1cc(OC(=O)NC(C)(C)C)c([N+](=O)[O-])cc1Cl. The number of halogens is 1. The van der Waals surface area contributed by atoms with E-state index in [1.54, 1.807) is 20.8 Å². The van der Waals surface area contributed by atoms with E-state index in [-0.39, 0.29) is 16.5 Å². The number of anilines is 1. The van der Waals surface area contributed by atoms with Gasteiger partial charge in [-0.2, -0.15) is 0 Å². The van der Waals surface area contributed by atoms with E-state index in [9.17, 15) is 14.9 Å². The van der Waals surface area contributed by atoms with Gasteiger partial charge >= 0.3 is 11.8 Å². The van der Waals surface area contributed by atoms with Crippen molar-refractivity contribution in [2.75, 3.05) is 18.0 Å². The lowest BCUT2D eigenvalue weighted by atomic mass is 10.1. The van der Waals surface area contributed by atoms with E-state index in [1.807, 2.05) is 18.7 Å². The molecule has 8 heteroatoms. The number of nitrogens with zero attached hydrogens (tertiary/aromatic N) is 2. The smallest absolute Gasteiger partial charge is 0.403 e. The Bertz CT molecular complexity index is 595. The molecule has 1 aromatic carbocycles. The maximum absolute atomic E-state index is 11.9. The molecule has 0 radical (unpaired) electrons. The standard InChI is InChI=1S/C15H22ClN3O4/c1-6-18(7-2)11-9-13(12(19(21)22)8-10(11)16)23-14(20)17-15(3,4)5/h8-9H,6-7H2,1-5H3,(H,17,20). The summed E-state index contributed by atoms with van der Waals surface area (Å²) >= 11 is 6.14. The lowest BCUT2D eigenvalue weighted by Crippen LogP contribution is -2.42. The first-order chi connectivity index (χ1) is 10.6. The monoisotopic (exact) mass is 343 g/mol. The largest absolute Gasteiger partial charge is 0.413 e. The second kappa shape index (κ2) is 7.50. The Morgan fingerprint density at radius 2 is 1.91 bits per heavy atom. The van der Waals surface area contributed by atoms with Crippen molar-refractivity contribution in [2.24, 2.45) is 0 Å². The zero-order valence-corrected chi connectivity index (χ0v) is 14.7. The number of benzene rings is 1. The number of rotatable bonds is 5. The third-order valence-electron chi connectivity index (χ3n) is 3.01. The van der Waals surface area contributed by atoms with Crippen LogP contribution in [0.25, 0.3) is 0 Å². The van der Waals surface area contributed by atoms with E-state index in [2.05, 4.69) is 5.32 Å². The van der Waals surface area contributed by atoms with E-state index in [0.717, 1.165) is 0 Å². The number of nitrogens with one attached hydrogen (secondary N) is 1. The Hall–Kier alpha value is -2.02. The molecule has 23 heavy (non-hydrogen) atoms. The van der Waals surface area contributed by atoms with Crippen LogP contribution in [-0.4, -0.2) is 29.6 Å². The molecule has 0 bridgehead atoms. The highest BCUT2D eigenvalue weighted by molar-refractivity contribution is 6.33. The molecule has 0 saturated heterocycles. The first kappa shape index (κ1) is 19.0. The number of ether oxygens (including phenoxy) is 1. The van der Waals surface area contributed by atoms with E-state index < -0.39 is 16.6 Å². The first-order valence-electron chi connectivity index (χ1n) is 7.32. The molecule has 0 spiro atoms. The molecule has 0 aromatic heterocycles. The Kier molecular flexibility index (Phi) is 6.20. The lowest BCUT2D eigenvalue weighted by molar-refractivity contribution is -0.385. The molecule has 0 fully saturated rings. The summed E-state index contributed by atoms with van der Waals surface area (Å²) in [6, 6.07) is 2.63. The van der Waals surface area contributed by atoms with Gasteiger partial charge in [-0.15, -0.1) is 0 Å². The van der Waals surface area contributed by atoms with Crippen molar-refractivity contribution in [2.45, 2.75) is 40.2 Å². The molecule has 0 atom stereocenters. The molecule has 1 N–H and O–H groups in total. The van der Waals surface area contributed by atoms with Crippen molar-refractivity contribution < 1.29 is 14.5 Å². The molecule has 0 saturated carbocycles. The fraction of sp³-hybridized carbons (Fsp3) is 0.533. The van der Waals surface area contributed by atoms with Crippen LogP contribution in [0, 0.1) is 10.1 Å². The van der Waals surface area contributed by atoms with Crippen LogP contribution < -0.4 is 15.0 Å². The van der Waals surface area contributed by atoms with Crippen molar-refractivity contribution in [3.63, 3.8) is 0 Å². The molecule has 0 unspecified atom stereocenters. The summed E-state index contributed by atoms with van der Waals surface area (Å²) in [4.78, 5) is 24.4. The third-order valence-corrected chi connectivity index (χ3v) is 3.31. The summed E-state index contributed by atoms with van der Waals surface area (Å²) < 4.78 is 5.14. The summed E-state index contributed by atoms with van der Waals surface area (Å²) in [5, 5.41) is 14.0. The Labute approximate surface area is 140 Å². The van der Waals surface area contributed by atoms with Gasteiger partial charge in [0.15, 0.2) is 0 Å². The fourth-order valence-corrected chi connectivity index (χ4v) is 2.27. The quantitative estimate of drug-likeness (QED) is 0.645. The zero-order chi connectivity index (χ0) is 17.8. The molecule has 1 rings (SSSR count). The van der Waals surface area contributed by atoms with E-state index >= 15 is 0 Å². The molecule has 0 aliphatic rings. The van der Waals surface area contributed by atoms with Crippen molar-refractivity contribution in [3.8, 4) is 5.75 Å². The number of hydrogen-bond donors (Lipinski definition) is 1. The molecule has 128 valence electrons. The average molecular weight is 344 g/mol. The van der Waals surface area contributed by atoms with Crippen molar-refractivity contribution >= 4 is 29.1 Å². The predicted molar refractivity (Wildman–Crippen MR) is 90.6 cm³/mol. The van der Waals surface area contributed by atoms with Crippen molar-refractivity contribution in [1.82, 2.24) is 5.32 Å². The Balaban J connectivity index is 3.24. The minimum absolute atomic E-state index is 0.136. The van der Waals surface area contributed by atoms with Gasteiger partial charge in [-0.05, 0) is 34.6 Å². The Morgan fingerprint density at radius 1 is 1.35 bits per heavy atom. The van der Waals surface area contributed by atoms with Gasteiger partial charge in [0, 0.05) is 30.8 Å². The van der Waals surface area contributed by atoms with Gasteiger partial charge in [0.05, 0.1) is 15.6 Å². The normalized spacial score (nSPS) is 11.0. The molecule has 0 heterocycles. The molecule has 0 aliphatic carbocycles. The number of nitro benzene ring substituents is 1. The van der Waals surface area contributed by atoms with E-state index in [0.29, 0.717) is 18.8 Å². The predicted octanol–water partition coefficient (Wildman–Crippen LogP) is 3.98. The van der Waals surface area contributed by atoms with Gasteiger partial charge in [0.2, 0.25) is 5.75 Å². The van der Waals surface area contributed by atoms with Crippen molar-refractivity contribution in [1.29, 1.82) is 0 Å². The second-order valence-corrected chi connectivity index (χ2v) is 6.37. The van der Waals surface area contributed by atoms with Crippen molar-refractivity contribution in [3.05, 3.63) is 27.3 Å². The number of hydrogen-bond acceptors (Lipinski definition) is 5. The van der Waals surface area contributed by atoms with Crippen LogP contribution >= 0.6 is 11.6 Å². The van der Waals surface area contributed by atoms with Crippen LogP contribution in [0.5, 0.6) is 5.75 Å². The van der Waals surface area contributed by atoms with E-state index in [4.69, 9.17) is 16.3 Å². The minimum Gasteiger partial charge on any atom is -0.403 e. The van der Waals surface area contributed by atoms with E-state index in [1.165, 1.54) is 12.1 Å². The maximum Gasteiger partial charge on any atom is 0.413 e. The maximum atomic E-state index is 11.9. The number of amides is 1. The van der Waals surface area contributed by atoms with Crippen LogP contribution in [0.4, 0.5) is 16.2 Å². The van der Waals surface area contributed by atoms with Gasteiger partial charge in [0.25, 0.3) is 0 Å². The van der Waals surface area contributed by atoms with Crippen LogP contribution in [-0.2, 0) is 0 Å². The topological polar surface area (TPSA) is 84.7 Å². The molecule has 1 aromatic rings. The summed E-state index contributed by atoms with van der Waals surface area (Å²) in [6.07, 6.45) is -0.756. The summed E-state index contributed by atoms with van der Waals surface area (Å²) in [5.41, 5.74) is -0.282. The van der Waals surface area contributed by atoms with Crippen LogP contribution in [0.3, 0.4) is 0 Å². The number of nitro groups is 1. The third kappa shape index (κ3) is 5.28. The number of carbonyl (C=O) groups is 1. The van der Waals surface area contributed by atoms with Crippen LogP contribution in [0.2, 0.25) is 5.02 Å². The average Bonchev–Trinajstić information content (AvgIpc) is 2.40. The lowest BCUT2D eigenvalue weighted by Gasteiger charge is -2.23. The highest BCUT2D eigenvalue weighted by Gasteiger charge is 2.24. The minimum atomic E-state index is -0.756. The van der Waals surface area contributed by atoms with Gasteiger partial charge in [-0.1, -0.05) is 11.6 Å². The molecular formula is C15H22ClN3O4. The van der Waals surface area contributed by atoms with Gasteiger partial charge in [-0.25, -0.2) is 4.79 Å². The molecule has 1 amide bonds. The molecule has 7 nitrogen and oxygen atoms in total. The van der Waals surface area contributed by atoms with Crippen LogP contribution in [0.1, 0.15) is 34.6 Å². The second-order valence-electron chi connectivity index (χ2n) is 5.97. The summed E-state index contributed by atoms with van der Waals surface area (Å²) in [6.45, 7) is 10.6. The fourth-order valence-electron chi connectivity index (χ4n) is 1.99.